The van der Waals surface area contributed by atoms with Crippen molar-refractivity contribution < 1.29 is 4.79 Å². The first-order valence-electron chi connectivity index (χ1n) is 9.89. The number of aromatic nitrogens is 2. The van der Waals surface area contributed by atoms with E-state index in [-0.39, 0.29) is 11.6 Å². The molecule has 0 fully saturated rings. The van der Waals surface area contributed by atoms with Gasteiger partial charge in [-0.25, -0.2) is 0 Å². The van der Waals surface area contributed by atoms with Crippen LogP contribution in [0.3, 0.4) is 0 Å². The van der Waals surface area contributed by atoms with E-state index in [0.717, 1.165) is 24.5 Å². The molecule has 0 atom stereocenters. The fourth-order valence-corrected chi connectivity index (χ4v) is 3.08. The Kier molecular flexibility index (Phi) is 6.79. The number of amides is 1. The number of carbonyl (C=O) groups is 1. The van der Waals surface area contributed by atoms with E-state index in [2.05, 4.69) is 58.6 Å². The first kappa shape index (κ1) is 20.3. The predicted octanol–water partition coefficient (Wildman–Crippen LogP) is 4.50. The lowest BCUT2D eigenvalue weighted by Gasteiger charge is -2.21. The van der Waals surface area contributed by atoms with Crippen LogP contribution in [0.4, 0.5) is 17.2 Å². The molecule has 2 aromatic carbocycles. The van der Waals surface area contributed by atoms with Gasteiger partial charge in [0.2, 0.25) is 0 Å². The monoisotopic (exact) mass is 389 g/mol. The van der Waals surface area contributed by atoms with E-state index in [4.69, 9.17) is 0 Å². The molecule has 3 aromatic rings. The molecule has 6 heteroatoms. The first-order valence-corrected chi connectivity index (χ1v) is 9.89. The van der Waals surface area contributed by atoms with Crippen LogP contribution in [0.25, 0.3) is 0 Å². The van der Waals surface area contributed by atoms with Crippen molar-refractivity contribution in [2.24, 2.45) is 0 Å². The van der Waals surface area contributed by atoms with Crippen LogP contribution in [0.5, 0.6) is 0 Å². The maximum absolute atomic E-state index is 12.4. The van der Waals surface area contributed by atoms with Gasteiger partial charge in [0.05, 0.1) is 0 Å². The van der Waals surface area contributed by atoms with Gasteiger partial charge in [0.1, 0.15) is 5.82 Å². The highest BCUT2D eigenvalue weighted by Gasteiger charge is 2.10. The number of anilines is 3. The van der Waals surface area contributed by atoms with Crippen molar-refractivity contribution in [2.75, 3.05) is 28.6 Å². The number of nitrogens with one attached hydrogen (secondary N) is 2. The van der Waals surface area contributed by atoms with Gasteiger partial charge in [-0.1, -0.05) is 24.3 Å². The molecule has 29 heavy (non-hydrogen) atoms. The van der Waals surface area contributed by atoms with Crippen LogP contribution >= 0.6 is 0 Å². The van der Waals surface area contributed by atoms with Crippen LogP contribution < -0.4 is 15.5 Å². The molecule has 0 aliphatic carbocycles. The standard InChI is InChI=1S/C23H27N5O/c1-4-28(5-2)20-12-10-19(11-13-20)25-23(29)21-14-15-22(27-26-21)24-16-18-9-7-6-8-17(18)3/h6-15H,4-5,16H2,1-3H3,(H,24,27)(H,25,29). The Hall–Kier alpha value is -3.41. The maximum atomic E-state index is 12.4. The summed E-state index contributed by atoms with van der Waals surface area (Å²) < 4.78 is 0. The van der Waals surface area contributed by atoms with Gasteiger partial charge in [0, 0.05) is 31.0 Å². The summed E-state index contributed by atoms with van der Waals surface area (Å²) in [5, 5.41) is 14.3. The second-order valence-corrected chi connectivity index (χ2v) is 6.76. The molecule has 0 bridgehead atoms. The quantitative estimate of drug-likeness (QED) is 0.594. The Bertz CT molecular complexity index is 934. The van der Waals surface area contributed by atoms with E-state index in [0.29, 0.717) is 12.4 Å². The van der Waals surface area contributed by atoms with Crippen LogP contribution in [0, 0.1) is 6.92 Å². The molecule has 0 aliphatic rings. The van der Waals surface area contributed by atoms with E-state index in [9.17, 15) is 4.79 Å². The third-order valence-corrected chi connectivity index (χ3v) is 4.87. The molecule has 0 unspecified atom stereocenters. The fraction of sp³-hybridized carbons (Fsp3) is 0.261. The largest absolute Gasteiger partial charge is 0.372 e. The molecular formula is C23H27N5O. The molecular weight excluding hydrogens is 362 g/mol. The van der Waals surface area contributed by atoms with Gasteiger partial charge in [-0.15, -0.1) is 10.2 Å². The molecule has 2 N–H and O–H groups in total. The van der Waals surface area contributed by atoms with Crippen molar-refractivity contribution in [3.63, 3.8) is 0 Å². The number of carbonyl (C=O) groups excluding carboxylic acids is 1. The number of nitrogens with zero attached hydrogens (tertiary/aromatic N) is 3. The van der Waals surface area contributed by atoms with Gasteiger partial charge in [0.15, 0.2) is 5.69 Å². The molecule has 1 amide bonds. The number of aryl methyl sites for hydroxylation is 1. The average molecular weight is 390 g/mol. The zero-order valence-corrected chi connectivity index (χ0v) is 17.1. The van der Waals surface area contributed by atoms with E-state index in [1.165, 1.54) is 11.1 Å². The Labute approximate surface area is 172 Å². The number of benzene rings is 2. The lowest BCUT2D eigenvalue weighted by molar-refractivity contribution is 0.102. The topological polar surface area (TPSA) is 70.2 Å². The van der Waals surface area contributed by atoms with E-state index in [1.807, 2.05) is 36.4 Å². The minimum atomic E-state index is -0.279. The Morgan fingerprint density at radius 2 is 1.66 bits per heavy atom. The second-order valence-electron chi connectivity index (χ2n) is 6.76. The van der Waals surface area contributed by atoms with Gasteiger partial charge in [0.25, 0.3) is 5.91 Å². The molecule has 0 aliphatic heterocycles. The maximum Gasteiger partial charge on any atom is 0.276 e. The van der Waals surface area contributed by atoms with Crippen LogP contribution in [0.15, 0.2) is 60.7 Å². The van der Waals surface area contributed by atoms with Crippen LogP contribution in [0.2, 0.25) is 0 Å². The summed E-state index contributed by atoms with van der Waals surface area (Å²) in [6.07, 6.45) is 0. The van der Waals surface area contributed by atoms with Crippen molar-refractivity contribution in [3.8, 4) is 0 Å². The van der Waals surface area contributed by atoms with Crippen molar-refractivity contribution in [3.05, 3.63) is 77.5 Å². The molecule has 6 nitrogen and oxygen atoms in total. The minimum absolute atomic E-state index is 0.277. The lowest BCUT2D eigenvalue weighted by atomic mass is 10.1. The van der Waals surface area contributed by atoms with Crippen molar-refractivity contribution in [1.82, 2.24) is 10.2 Å². The summed E-state index contributed by atoms with van der Waals surface area (Å²) in [5.74, 6) is 0.354. The zero-order chi connectivity index (χ0) is 20.6. The van der Waals surface area contributed by atoms with Crippen molar-refractivity contribution in [1.29, 1.82) is 0 Å². The Balaban J connectivity index is 1.58. The van der Waals surface area contributed by atoms with Crippen molar-refractivity contribution in [2.45, 2.75) is 27.3 Å². The second kappa shape index (κ2) is 9.68. The number of hydrogen-bond acceptors (Lipinski definition) is 5. The summed E-state index contributed by atoms with van der Waals surface area (Å²) in [6.45, 7) is 8.87. The highest BCUT2D eigenvalue weighted by Crippen LogP contribution is 2.18. The van der Waals surface area contributed by atoms with E-state index >= 15 is 0 Å². The molecule has 150 valence electrons. The predicted molar refractivity (Wildman–Crippen MR) is 118 cm³/mol. The van der Waals surface area contributed by atoms with E-state index < -0.39 is 0 Å². The molecule has 1 aromatic heterocycles. The smallest absolute Gasteiger partial charge is 0.276 e. The molecule has 0 spiro atoms. The third kappa shape index (κ3) is 5.31. The van der Waals surface area contributed by atoms with Gasteiger partial charge in [-0.05, 0) is 68.3 Å². The summed E-state index contributed by atoms with van der Waals surface area (Å²) in [5.41, 5.74) is 4.56. The minimum Gasteiger partial charge on any atom is -0.372 e. The highest BCUT2D eigenvalue weighted by atomic mass is 16.1. The third-order valence-electron chi connectivity index (χ3n) is 4.87. The summed E-state index contributed by atoms with van der Waals surface area (Å²) in [7, 11) is 0. The first-order chi connectivity index (χ1) is 14.1. The van der Waals surface area contributed by atoms with Gasteiger partial charge < -0.3 is 15.5 Å². The average Bonchev–Trinajstić information content (AvgIpc) is 2.75. The van der Waals surface area contributed by atoms with Gasteiger partial charge in [-0.2, -0.15) is 0 Å². The van der Waals surface area contributed by atoms with Crippen LogP contribution in [-0.4, -0.2) is 29.2 Å². The molecule has 0 radical (unpaired) electrons. The molecule has 0 saturated heterocycles. The summed E-state index contributed by atoms with van der Waals surface area (Å²) in [4.78, 5) is 14.7. The van der Waals surface area contributed by atoms with Crippen LogP contribution in [-0.2, 0) is 6.54 Å². The molecule has 3 rings (SSSR count). The van der Waals surface area contributed by atoms with E-state index in [1.54, 1.807) is 12.1 Å². The van der Waals surface area contributed by atoms with Gasteiger partial charge in [-0.3, -0.25) is 4.79 Å². The number of hydrogen-bond donors (Lipinski definition) is 2. The Morgan fingerprint density at radius 3 is 2.28 bits per heavy atom. The lowest BCUT2D eigenvalue weighted by Crippen LogP contribution is -2.21. The Morgan fingerprint density at radius 1 is 0.931 bits per heavy atom. The highest BCUT2D eigenvalue weighted by molar-refractivity contribution is 6.02. The SMILES string of the molecule is CCN(CC)c1ccc(NC(=O)c2ccc(NCc3ccccc3C)nn2)cc1. The number of rotatable bonds is 8. The summed E-state index contributed by atoms with van der Waals surface area (Å²) in [6, 6.07) is 19.4. The molecule has 1 heterocycles. The van der Waals surface area contributed by atoms with Gasteiger partial charge >= 0.3 is 0 Å². The van der Waals surface area contributed by atoms with Crippen LogP contribution in [0.1, 0.15) is 35.5 Å². The molecule has 0 saturated carbocycles. The summed E-state index contributed by atoms with van der Waals surface area (Å²) >= 11 is 0. The normalized spacial score (nSPS) is 10.4. The zero-order valence-electron chi connectivity index (χ0n) is 17.1. The van der Waals surface area contributed by atoms with Crippen molar-refractivity contribution >= 4 is 23.1 Å². The fourth-order valence-electron chi connectivity index (χ4n) is 3.08.